The summed E-state index contributed by atoms with van der Waals surface area (Å²) in [7, 11) is 0. The van der Waals surface area contributed by atoms with Gasteiger partial charge in [0.25, 0.3) is 5.91 Å². The minimum Gasteiger partial charge on any atom is -0.336 e. The van der Waals surface area contributed by atoms with Gasteiger partial charge in [0.1, 0.15) is 0 Å². The number of likely N-dealkylation sites (tertiary alicyclic amines) is 1. The zero-order chi connectivity index (χ0) is 13.3. The molecule has 2 rings (SSSR count). The molecule has 1 fully saturated rings. The highest BCUT2D eigenvalue weighted by Gasteiger charge is 2.32. The van der Waals surface area contributed by atoms with Gasteiger partial charge in [0.2, 0.25) is 0 Å². The minimum atomic E-state index is 0. The first-order valence-corrected chi connectivity index (χ1v) is 7.44. The molecule has 106 valence electrons. The van der Waals surface area contributed by atoms with E-state index in [1.807, 2.05) is 17.0 Å². The van der Waals surface area contributed by atoms with E-state index in [9.17, 15) is 4.79 Å². The maximum absolute atomic E-state index is 12.4. The van der Waals surface area contributed by atoms with Gasteiger partial charge in [-0.25, -0.2) is 0 Å². The van der Waals surface area contributed by atoms with E-state index in [1.54, 1.807) is 6.07 Å². The van der Waals surface area contributed by atoms with Gasteiger partial charge in [-0.2, -0.15) is 0 Å². The fraction of sp³-hybridized carbons (Fsp3) is 0.462. The molecule has 1 aromatic rings. The Bertz CT molecular complexity index is 470. The van der Waals surface area contributed by atoms with Gasteiger partial charge in [-0.15, -0.1) is 12.4 Å². The van der Waals surface area contributed by atoms with Gasteiger partial charge in [-0.05, 0) is 66.6 Å². The first-order chi connectivity index (χ1) is 8.52. The molecule has 0 radical (unpaired) electrons. The van der Waals surface area contributed by atoms with Crippen LogP contribution >= 0.6 is 46.6 Å². The molecule has 0 spiro atoms. The van der Waals surface area contributed by atoms with Crippen LogP contribution in [0.15, 0.2) is 18.2 Å². The third-order valence-corrected chi connectivity index (χ3v) is 4.40. The van der Waals surface area contributed by atoms with Crippen molar-refractivity contribution in [1.29, 1.82) is 0 Å². The Labute approximate surface area is 138 Å². The smallest absolute Gasteiger partial charge is 0.255 e. The average Bonchev–Trinajstić information content (AvgIpc) is 2.70. The molecule has 1 amide bonds. The summed E-state index contributed by atoms with van der Waals surface area (Å²) in [5.41, 5.74) is 6.27. The van der Waals surface area contributed by atoms with Crippen molar-refractivity contribution in [2.75, 3.05) is 13.1 Å². The van der Waals surface area contributed by atoms with Crippen LogP contribution in [0.5, 0.6) is 0 Å². The Balaban J connectivity index is 0.00000180. The van der Waals surface area contributed by atoms with Crippen LogP contribution in [0.3, 0.4) is 0 Å². The van der Waals surface area contributed by atoms with Gasteiger partial charge >= 0.3 is 0 Å². The number of nitrogens with zero attached hydrogens (tertiary/aromatic N) is 1. The average molecular weight is 415 g/mol. The Hall–Kier alpha value is -0.0400. The van der Waals surface area contributed by atoms with Gasteiger partial charge in [0, 0.05) is 16.2 Å². The number of hydrogen-bond donors (Lipinski definition) is 1. The van der Waals surface area contributed by atoms with Crippen molar-refractivity contribution in [2.45, 2.75) is 19.4 Å². The summed E-state index contributed by atoms with van der Waals surface area (Å²) >= 11 is 8.33. The molecule has 3 nitrogen and oxygen atoms in total. The van der Waals surface area contributed by atoms with Crippen LogP contribution in [0.4, 0.5) is 0 Å². The van der Waals surface area contributed by atoms with Crippen molar-refractivity contribution >= 4 is 52.5 Å². The molecule has 1 aliphatic heterocycles. The van der Waals surface area contributed by atoms with E-state index in [0.29, 0.717) is 23.0 Å². The first-order valence-electron chi connectivity index (χ1n) is 5.99. The lowest BCUT2D eigenvalue weighted by atomic mass is 10.1. The van der Waals surface area contributed by atoms with Gasteiger partial charge < -0.3 is 10.6 Å². The lowest BCUT2D eigenvalue weighted by Crippen LogP contribution is -2.34. The third kappa shape index (κ3) is 3.74. The van der Waals surface area contributed by atoms with Gasteiger partial charge in [-0.1, -0.05) is 11.6 Å². The van der Waals surface area contributed by atoms with Crippen LogP contribution in [0.25, 0.3) is 0 Å². The van der Waals surface area contributed by atoms with Crippen molar-refractivity contribution in [3.63, 3.8) is 0 Å². The van der Waals surface area contributed by atoms with Crippen molar-refractivity contribution in [3.05, 3.63) is 32.4 Å². The maximum atomic E-state index is 12.4. The Morgan fingerprint density at radius 2 is 2.26 bits per heavy atom. The second-order valence-electron chi connectivity index (χ2n) is 4.77. The van der Waals surface area contributed by atoms with Crippen molar-refractivity contribution < 1.29 is 4.79 Å². The predicted octanol–water partition coefficient (Wildman–Crippen LogP) is 3.18. The van der Waals surface area contributed by atoms with Crippen LogP contribution in [-0.2, 0) is 0 Å². The standard InChI is InChI=1S/C13H16ClIN2O.ClH/c1-8-4-9(6-16)7-17(8)13(18)11-3-2-10(15)5-12(11)14;/h2-3,5,8-9H,4,6-7,16H2,1H3;1H. The number of carbonyl (C=O) groups is 1. The summed E-state index contributed by atoms with van der Waals surface area (Å²) in [5, 5.41) is 0.523. The summed E-state index contributed by atoms with van der Waals surface area (Å²) in [6.07, 6.45) is 0.976. The number of benzene rings is 1. The van der Waals surface area contributed by atoms with Crippen molar-refractivity contribution in [2.24, 2.45) is 11.7 Å². The highest BCUT2D eigenvalue weighted by atomic mass is 127. The predicted molar refractivity (Wildman–Crippen MR) is 89.1 cm³/mol. The molecular formula is C13H17Cl2IN2O. The molecule has 0 bridgehead atoms. The fourth-order valence-corrected chi connectivity index (χ4v) is 3.35. The van der Waals surface area contributed by atoms with E-state index < -0.39 is 0 Å². The molecule has 1 aromatic carbocycles. The number of hydrogen-bond acceptors (Lipinski definition) is 2. The SMILES string of the molecule is CC1CC(CN)CN1C(=O)c1ccc(I)cc1Cl.Cl. The number of carbonyl (C=O) groups excluding carboxylic acids is 1. The Kier molecular flexibility index (Phi) is 6.36. The van der Waals surface area contributed by atoms with E-state index in [0.717, 1.165) is 16.5 Å². The van der Waals surface area contributed by atoms with E-state index in [2.05, 4.69) is 29.5 Å². The number of rotatable bonds is 2. The van der Waals surface area contributed by atoms with Crippen LogP contribution < -0.4 is 5.73 Å². The summed E-state index contributed by atoms with van der Waals surface area (Å²) in [6, 6.07) is 5.76. The summed E-state index contributed by atoms with van der Waals surface area (Å²) in [6.45, 7) is 3.43. The number of nitrogens with two attached hydrogens (primary N) is 1. The lowest BCUT2D eigenvalue weighted by molar-refractivity contribution is 0.0743. The van der Waals surface area contributed by atoms with Gasteiger partial charge in [0.05, 0.1) is 10.6 Å². The Morgan fingerprint density at radius 3 is 2.79 bits per heavy atom. The largest absolute Gasteiger partial charge is 0.336 e. The molecule has 0 saturated carbocycles. The second kappa shape index (κ2) is 7.11. The second-order valence-corrected chi connectivity index (χ2v) is 6.42. The van der Waals surface area contributed by atoms with E-state index in [4.69, 9.17) is 17.3 Å². The summed E-state index contributed by atoms with van der Waals surface area (Å²) in [4.78, 5) is 14.3. The molecule has 1 heterocycles. The van der Waals surface area contributed by atoms with Crippen LogP contribution in [0.2, 0.25) is 5.02 Å². The van der Waals surface area contributed by atoms with Crippen molar-refractivity contribution in [3.8, 4) is 0 Å². The van der Waals surface area contributed by atoms with Gasteiger partial charge in [-0.3, -0.25) is 4.79 Å². The molecular weight excluding hydrogens is 398 g/mol. The third-order valence-electron chi connectivity index (χ3n) is 3.42. The molecule has 2 N–H and O–H groups in total. The molecule has 2 unspecified atom stereocenters. The van der Waals surface area contributed by atoms with Gasteiger partial charge in [0.15, 0.2) is 0 Å². The summed E-state index contributed by atoms with van der Waals surface area (Å²) < 4.78 is 1.03. The zero-order valence-electron chi connectivity index (χ0n) is 10.6. The molecule has 2 atom stereocenters. The lowest BCUT2D eigenvalue weighted by Gasteiger charge is -2.22. The highest BCUT2D eigenvalue weighted by Crippen LogP contribution is 2.27. The maximum Gasteiger partial charge on any atom is 0.255 e. The van der Waals surface area contributed by atoms with E-state index in [1.165, 1.54) is 0 Å². The monoisotopic (exact) mass is 414 g/mol. The molecule has 19 heavy (non-hydrogen) atoms. The van der Waals surface area contributed by atoms with Crippen molar-refractivity contribution in [1.82, 2.24) is 4.90 Å². The molecule has 6 heteroatoms. The number of amides is 1. The topological polar surface area (TPSA) is 46.3 Å². The van der Waals surface area contributed by atoms with Crippen LogP contribution in [0.1, 0.15) is 23.7 Å². The Morgan fingerprint density at radius 1 is 1.58 bits per heavy atom. The summed E-state index contributed by atoms with van der Waals surface area (Å²) in [5.74, 6) is 0.423. The molecule has 0 aromatic heterocycles. The van der Waals surface area contributed by atoms with Crippen LogP contribution in [-0.4, -0.2) is 29.9 Å². The molecule has 1 saturated heterocycles. The zero-order valence-corrected chi connectivity index (χ0v) is 14.3. The van der Waals surface area contributed by atoms with Crippen LogP contribution in [0, 0.1) is 9.49 Å². The quantitative estimate of drug-likeness (QED) is 0.755. The number of halogens is 3. The normalized spacial score (nSPS) is 22.2. The highest BCUT2D eigenvalue weighted by molar-refractivity contribution is 14.1. The van der Waals surface area contributed by atoms with E-state index in [-0.39, 0.29) is 24.4 Å². The molecule has 0 aliphatic carbocycles. The minimum absolute atomic E-state index is 0. The fourth-order valence-electron chi connectivity index (χ4n) is 2.41. The van der Waals surface area contributed by atoms with E-state index >= 15 is 0 Å². The first kappa shape index (κ1) is 17.0. The molecule has 1 aliphatic rings.